The Morgan fingerprint density at radius 3 is 2.46 bits per heavy atom. The van der Waals surface area contributed by atoms with Crippen LogP contribution < -0.4 is 0 Å². The summed E-state index contributed by atoms with van der Waals surface area (Å²) in [7, 11) is 0. The van der Waals surface area contributed by atoms with Gasteiger partial charge in [-0.25, -0.2) is 0 Å². The molecule has 0 unspecified atom stereocenters. The highest BCUT2D eigenvalue weighted by molar-refractivity contribution is 5.84. The van der Waals surface area contributed by atoms with Crippen LogP contribution in [-0.4, -0.2) is 53.0 Å². The largest absolute Gasteiger partial charge is 0.481 e. The fourth-order valence-electron chi connectivity index (χ4n) is 3.32. The third-order valence-corrected chi connectivity index (χ3v) is 4.79. The van der Waals surface area contributed by atoms with Crippen molar-refractivity contribution in [2.24, 2.45) is 5.92 Å². The number of carbonyl (C=O) groups excluding carboxylic acids is 1. The van der Waals surface area contributed by atoms with Crippen molar-refractivity contribution < 1.29 is 27.9 Å². The summed E-state index contributed by atoms with van der Waals surface area (Å²) in [6, 6.07) is 3.93. The third-order valence-electron chi connectivity index (χ3n) is 4.79. The molecule has 0 saturated carbocycles. The molecule has 5 nitrogen and oxygen atoms in total. The number of likely N-dealkylation sites (tertiary alicyclic amines) is 1. The molecule has 0 radical (unpaired) electrons. The fourth-order valence-corrected chi connectivity index (χ4v) is 3.32. The first-order valence-electron chi connectivity index (χ1n) is 8.61. The van der Waals surface area contributed by atoms with E-state index in [1.54, 1.807) is 4.90 Å². The molecule has 0 aromatic heterocycles. The van der Waals surface area contributed by atoms with Crippen molar-refractivity contribution in [3.63, 3.8) is 0 Å². The first kappa shape index (κ1) is 20.2. The summed E-state index contributed by atoms with van der Waals surface area (Å²) in [5, 5.41) is 9.12. The molecule has 8 heteroatoms. The lowest BCUT2D eigenvalue weighted by Crippen LogP contribution is -2.42. The standard InChI is InChI=1S/C18H23F3N2O3/c1-3-22(4-2)15(12-6-5-7-14(10-12)18(19,20)21)16(24)23-9-8-13(11-23)17(25)26/h5-7,10,13,15H,3-4,8-9,11H2,1-2H3,(H,25,26)/t13-,15+/m0/s1. The lowest BCUT2D eigenvalue weighted by Gasteiger charge is -2.32. The van der Waals surface area contributed by atoms with E-state index < -0.39 is 29.7 Å². The van der Waals surface area contributed by atoms with E-state index in [1.165, 1.54) is 17.0 Å². The van der Waals surface area contributed by atoms with Crippen LogP contribution in [0.5, 0.6) is 0 Å². The molecule has 1 N–H and O–H groups in total. The van der Waals surface area contributed by atoms with Gasteiger partial charge in [-0.2, -0.15) is 13.2 Å². The summed E-state index contributed by atoms with van der Waals surface area (Å²) in [5.74, 6) is -1.94. The summed E-state index contributed by atoms with van der Waals surface area (Å²) >= 11 is 0. The lowest BCUT2D eigenvalue weighted by molar-refractivity contribution is -0.142. The van der Waals surface area contributed by atoms with Crippen LogP contribution in [0.4, 0.5) is 13.2 Å². The number of rotatable bonds is 6. The Kier molecular flexibility index (Phi) is 6.28. The van der Waals surface area contributed by atoms with Gasteiger partial charge in [0.1, 0.15) is 6.04 Å². The number of halogens is 3. The van der Waals surface area contributed by atoms with Gasteiger partial charge in [-0.1, -0.05) is 26.0 Å². The van der Waals surface area contributed by atoms with Crippen molar-refractivity contribution in [1.29, 1.82) is 0 Å². The van der Waals surface area contributed by atoms with Crippen LogP contribution in [0.2, 0.25) is 0 Å². The predicted octanol–water partition coefficient (Wildman–Crippen LogP) is 3.02. The van der Waals surface area contributed by atoms with Crippen LogP contribution in [0.25, 0.3) is 0 Å². The van der Waals surface area contributed by atoms with Crippen molar-refractivity contribution >= 4 is 11.9 Å². The van der Waals surface area contributed by atoms with Gasteiger partial charge in [0.2, 0.25) is 5.91 Å². The Hall–Kier alpha value is -2.09. The number of hydrogen-bond acceptors (Lipinski definition) is 3. The van der Waals surface area contributed by atoms with Crippen LogP contribution in [0.3, 0.4) is 0 Å². The molecule has 1 amide bonds. The number of nitrogens with zero attached hydrogens (tertiary/aromatic N) is 2. The monoisotopic (exact) mass is 372 g/mol. The van der Waals surface area contributed by atoms with E-state index >= 15 is 0 Å². The summed E-state index contributed by atoms with van der Waals surface area (Å²) < 4.78 is 39.2. The Balaban J connectivity index is 2.36. The number of amides is 1. The normalized spacial score (nSPS) is 19.0. The Morgan fingerprint density at radius 2 is 1.96 bits per heavy atom. The minimum Gasteiger partial charge on any atom is -0.481 e. The van der Waals surface area contributed by atoms with E-state index in [4.69, 9.17) is 5.11 Å². The molecule has 1 aromatic carbocycles. The molecule has 2 rings (SSSR count). The number of carbonyl (C=O) groups is 2. The molecule has 1 heterocycles. The summed E-state index contributed by atoms with van der Waals surface area (Å²) in [5.41, 5.74) is -0.530. The van der Waals surface area contributed by atoms with Crippen LogP contribution in [-0.2, 0) is 15.8 Å². The molecule has 2 atom stereocenters. The second kappa shape index (κ2) is 8.07. The SMILES string of the molecule is CCN(CC)[C@@H](C(=O)N1CC[C@H](C(=O)O)C1)c1cccc(C(F)(F)F)c1. The molecular weight excluding hydrogens is 349 g/mol. The maximum atomic E-state index is 13.1. The predicted molar refractivity (Wildman–Crippen MR) is 89.4 cm³/mol. The highest BCUT2D eigenvalue weighted by atomic mass is 19.4. The van der Waals surface area contributed by atoms with Gasteiger partial charge in [-0.15, -0.1) is 0 Å². The van der Waals surface area contributed by atoms with Crippen LogP contribution in [0.1, 0.15) is 37.4 Å². The van der Waals surface area contributed by atoms with Gasteiger partial charge in [-0.05, 0) is 37.2 Å². The highest BCUT2D eigenvalue weighted by Gasteiger charge is 2.37. The van der Waals surface area contributed by atoms with E-state index in [9.17, 15) is 22.8 Å². The van der Waals surface area contributed by atoms with Gasteiger partial charge >= 0.3 is 12.1 Å². The number of benzene rings is 1. The maximum Gasteiger partial charge on any atom is 0.416 e. The minimum absolute atomic E-state index is 0.0882. The maximum absolute atomic E-state index is 13.1. The first-order chi connectivity index (χ1) is 12.2. The average molecular weight is 372 g/mol. The number of aliphatic carboxylic acids is 1. The zero-order valence-electron chi connectivity index (χ0n) is 14.8. The van der Waals surface area contributed by atoms with Gasteiger partial charge in [0, 0.05) is 13.1 Å². The Labute approximate surface area is 150 Å². The number of hydrogen-bond donors (Lipinski definition) is 1. The zero-order chi connectivity index (χ0) is 19.5. The smallest absolute Gasteiger partial charge is 0.416 e. The minimum atomic E-state index is -4.49. The molecular formula is C18H23F3N2O3. The van der Waals surface area contributed by atoms with Gasteiger partial charge in [-0.3, -0.25) is 14.5 Å². The fraction of sp³-hybridized carbons (Fsp3) is 0.556. The first-order valence-corrected chi connectivity index (χ1v) is 8.61. The molecule has 1 aromatic rings. The van der Waals surface area contributed by atoms with Gasteiger partial charge in [0.25, 0.3) is 0 Å². The van der Waals surface area contributed by atoms with Crippen LogP contribution >= 0.6 is 0 Å². The summed E-state index contributed by atoms with van der Waals surface area (Å²) in [4.78, 5) is 27.4. The number of likely N-dealkylation sites (N-methyl/N-ethyl adjacent to an activating group) is 1. The third kappa shape index (κ3) is 4.35. The van der Waals surface area contributed by atoms with E-state index in [-0.39, 0.29) is 18.0 Å². The van der Waals surface area contributed by atoms with Crippen molar-refractivity contribution in [3.05, 3.63) is 35.4 Å². The highest BCUT2D eigenvalue weighted by Crippen LogP contribution is 2.33. The zero-order valence-corrected chi connectivity index (χ0v) is 14.8. The van der Waals surface area contributed by atoms with Gasteiger partial charge in [0.15, 0.2) is 0 Å². The number of alkyl halides is 3. The van der Waals surface area contributed by atoms with E-state index in [1.807, 2.05) is 13.8 Å². The second-order valence-corrected chi connectivity index (χ2v) is 6.36. The molecule has 1 fully saturated rings. The number of carboxylic acid groups (broad SMARTS) is 1. The van der Waals surface area contributed by atoms with Crippen LogP contribution in [0, 0.1) is 5.92 Å². The van der Waals surface area contributed by atoms with Crippen LogP contribution in [0.15, 0.2) is 24.3 Å². The molecule has 144 valence electrons. The number of carboxylic acids is 1. The van der Waals surface area contributed by atoms with Crippen molar-refractivity contribution in [3.8, 4) is 0 Å². The van der Waals surface area contributed by atoms with E-state index in [0.717, 1.165) is 12.1 Å². The average Bonchev–Trinajstić information content (AvgIpc) is 3.09. The van der Waals surface area contributed by atoms with E-state index in [2.05, 4.69) is 0 Å². The van der Waals surface area contributed by atoms with Gasteiger partial charge in [0.05, 0.1) is 11.5 Å². The van der Waals surface area contributed by atoms with E-state index in [0.29, 0.717) is 26.1 Å². The van der Waals surface area contributed by atoms with Crippen molar-refractivity contribution in [1.82, 2.24) is 9.80 Å². The quantitative estimate of drug-likeness (QED) is 0.834. The Bertz CT molecular complexity index is 659. The van der Waals surface area contributed by atoms with Crippen molar-refractivity contribution in [2.75, 3.05) is 26.2 Å². The molecule has 0 spiro atoms. The molecule has 1 aliphatic heterocycles. The topological polar surface area (TPSA) is 60.9 Å². The molecule has 1 saturated heterocycles. The molecule has 1 aliphatic rings. The van der Waals surface area contributed by atoms with Gasteiger partial charge < -0.3 is 10.0 Å². The summed E-state index contributed by atoms with van der Waals surface area (Å²) in [6.45, 7) is 5.03. The Morgan fingerprint density at radius 1 is 1.31 bits per heavy atom. The summed E-state index contributed by atoms with van der Waals surface area (Å²) in [6.07, 6.45) is -4.14. The molecule has 0 aliphatic carbocycles. The molecule has 26 heavy (non-hydrogen) atoms. The van der Waals surface area contributed by atoms with Crippen molar-refractivity contribution in [2.45, 2.75) is 32.5 Å². The molecule has 0 bridgehead atoms. The second-order valence-electron chi connectivity index (χ2n) is 6.36. The lowest BCUT2D eigenvalue weighted by atomic mass is 10.0.